The SMILES string of the molecule is CCN(Cc1cccc(F)c1)C(=O)C(N)(CC)CC. The van der Waals surface area contributed by atoms with Crippen molar-refractivity contribution in [2.75, 3.05) is 6.54 Å². The van der Waals surface area contributed by atoms with Crippen LogP contribution in [0.25, 0.3) is 0 Å². The smallest absolute Gasteiger partial charge is 0.242 e. The second-order valence-corrected chi connectivity index (χ2v) is 4.81. The standard InChI is InChI=1S/C15H23FN2O/c1-4-15(17,5-2)14(19)18(6-3)11-12-8-7-9-13(16)10-12/h7-10H,4-6,11,17H2,1-3H3. The van der Waals surface area contributed by atoms with Crippen LogP contribution in [0.2, 0.25) is 0 Å². The second-order valence-electron chi connectivity index (χ2n) is 4.81. The fourth-order valence-corrected chi connectivity index (χ4v) is 2.05. The summed E-state index contributed by atoms with van der Waals surface area (Å²) in [5, 5.41) is 0. The first-order chi connectivity index (χ1) is 8.96. The third-order valence-corrected chi connectivity index (χ3v) is 3.62. The van der Waals surface area contributed by atoms with Crippen LogP contribution in [0.5, 0.6) is 0 Å². The van der Waals surface area contributed by atoms with Gasteiger partial charge in [0.25, 0.3) is 0 Å². The fourth-order valence-electron chi connectivity index (χ4n) is 2.05. The van der Waals surface area contributed by atoms with E-state index in [4.69, 9.17) is 5.73 Å². The van der Waals surface area contributed by atoms with E-state index in [-0.39, 0.29) is 11.7 Å². The normalized spacial score (nSPS) is 11.4. The third kappa shape index (κ3) is 3.77. The highest BCUT2D eigenvalue weighted by molar-refractivity contribution is 5.86. The number of rotatable bonds is 6. The molecule has 0 aromatic heterocycles. The summed E-state index contributed by atoms with van der Waals surface area (Å²) < 4.78 is 13.2. The molecule has 1 rings (SSSR count). The summed E-state index contributed by atoms with van der Waals surface area (Å²) in [6.45, 7) is 6.69. The molecule has 106 valence electrons. The minimum Gasteiger partial charge on any atom is -0.337 e. The topological polar surface area (TPSA) is 46.3 Å². The highest BCUT2D eigenvalue weighted by Crippen LogP contribution is 2.17. The Hall–Kier alpha value is -1.42. The van der Waals surface area contributed by atoms with Crippen LogP contribution < -0.4 is 5.73 Å². The first-order valence-corrected chi connectivity index (χ1v) is 6.79. The van der Waals surface area contributed by atoms with Crippen molar-refractivity contribution >= 4 is 5.91 Å². The average Bonchev–Trinajstić information content (AvgIpc) is 2.43. The number of benzene rings is 1. The molecule has 2 N–H and O–H groups in total. The molecule has 0 radical (unpaired) electrons. The van der Waals surface area contributed by atoms with E-state index in [1.165, 1.54) is 12.1 Å². The van der Waals surface area contributed by atoms with E-state index in [1.54, 1.807) is 11.0 Å². The summed E-state index contributed by atoms with van der Waals surface area (Å²) in [6, 6.07) is 6.31. The van der Waals surface area contributed by atoms with Gasteiger partial charge in [0, 0.05) is 13.1 Å². The maximum atomic E-state index is 13.2. The van der Waals surface area contributed by atoms with E-state index in [2.05, 4.69) is 0 Å². The lowest BCUT2D eigenvalue weighted by Crippen LogP contribution is -2.54. The number of carbonyl (C=O) groups excluding carboxylic acids is 1. The predicted octanol–water partition coefficient (Wildman–Crippen LogP) is 2.69. The highest BCUT2D eigenvalue weighted by Gasteiger charge is 2.33. The van der Waals surface area contributed by atoms with Crippen LogP contribution in [0, 0.1) is 5.82 Å². The molecule has 0 aliphatic heterocycles. The molecule has 4 heteroatoms. The molecule has 0 aliphatic rings. The van der Waals surface area contributed by atoms with Gasteiger partial charge in [-0.25, -0.2) is 4.39 Å². The van der Waals surface area contributed by atoms with Gasteiger partial charge in [0.2, 0.25) is 5.91 Å². The van der Waals surface area contributed by atoms with Gasteiger partial charge in [0.15, 0.2) is 0 Å². The van der Waals surface area contributed by atoms with E-state index in [1.807, 2.05) is 26.8 Å². The Morgan fingerprint density at radius 1 is 1.32 bits per heavy atom. The summed E-state index contributed by atoms with van der Waals surface area (Å²) in [4.78, 5) is 14.1. The summed E-state index contributed by atoms with van der Waals surface area (Å²) in [6.07, 6.45) is 1.20. The Balaban J connectivity index is 2.87. The zero-order valence-corrected chi connectivity index (χ0v) is 11.9. The second kappa shape index (κ2) is 6.66. The van der Waals surface area contributed by atoms with Crippen LogP contribution >= 0.6 is 0 Å². The zero-order chi connectivity index (χ0) is 14.5. The molecule has 0 heterocycles. The molecular weight excluding hydrogens is 243 g/mol. The van der Waals surface area contributed by atoms with Gasteiger partial charge >= 0.3 is 0 Å². The molecule has 0 unspecified atom stereocenters. The molecule has 1 aromatic rings. The predicted molar refractivity (Wildman–Crippen MR) is 75.0 cm³/mol. The lowest BCUT2D eigenvalue weighted by Gasteiger charge is -2.32. The Kier molecular flexibility index (Phi) is 5.48. The number of amides is 1. The van der Waals surface area contributed by atoms with Crippen LogP contribution in [0.4, 0.5) is 4.39 Å². The number of likely N-dealkylation sites (N-methyl/N-ethyl adjacent to an activating group) is 1. The lowest BCUT2D eigenvalue weighted by atomic mass is 9.92. The van der Waals surface area contributed by atoms with Crippen molar-refractivity contribution in [1.29, 1.82) is 0 Å². The van der Waals surface area contributed by atoms with Crippen molar-refractivity contribution in [1.82, 2.24) is 4.90 Å². The van der Waals surface area contributed by atoms with E-state index in [0.29, 0.717) is 25.9 Å². The highest BCUT2D eigenvalue weighted by atomic mass is 19.1. The number of nitrogens with zero attached hydrogens (tertiary/aromatic N) is 1. The average molecular weight is 266 g/mol. The minimum absolute atomic E-state index is 0.0655. The molecule has 0 saturated heterocycles. The zero-order valence-electron chi connectivity index (χ0n) is 11.9. The Morgan fingerprint density at radius 2 is 1.95 bits per heavy atom. The van der Waals surface area contributed by atoms with Gasteiger partial charge in [-0.3, -0.25) is 4.79 Å². The number of halogens is 1. The molecule has 0 spiro atoms. The molecule has 1 aromatic carbocycles. The maximum Gasteiger partial charge on any atom is 0.242 e. The van der Waals surface area contributed by atoms with Gasteiger partial charge in [0.05, 0.1) is 5.54 Å². The van der Waals surface area contributed by atoms with Crippen molar-refractivity contribution < 1.29 is 9.18 Å². The largest absolute Gasteiger partial charge is 0.337 e. The third-order valence-electron chi connectivity index (χ3n) is 3.62. The quantitative estimate of drug-likeness (QED) is 0.860. The van der Waals surface area contributed by atoms with Gasteiger partial charge in [-0.2, -0.15) is 0 Å². The van der Waals surface area contributed by atoms with Crippen LogP contribution in [-0.2, 0) is 11.3 Å². The Morgan fingerprint density at radius 3 is 2.42 bits per heavy atom. The van der Waals surface area contributed by atoms with E-state index in [9.17, 15) is 9.18 Å². The molecule has 3 nitrogen and oxygen atoms in total. The van der Waals surface area contributed by atoms with E-state index >= 15 is 0 Å². The monoisotopic (exact) mass is 266 g/mol. The maximum absolute atomic E-state index is 13.2. The van der Waals surface area contributed by atoms with Gasteiger partial charge in [-0.15, -0.1) is 0 Å². The van der Waals surface area contributed by atoms with Gasteiger partial charge < -0.3 is 10.6 Å². The van der Waals surface area contributed by atoms with Crippen molar-refractivity contribution in [2.24, 2.45) is 5.73 Å². The number of carbonyl (C=O) groups is 1. The van der Waals surface area contributed by atoms with Crippen LogP contribution in [0.3, 0.4) is 0 Å². The van der Waals surface area contributed by atoms with Crippen LogP contribution in [-0.4, -0.2) is 22.9 Å². The number of hydrogen-bond donors (Lipinski definition) is 1. The summed E-state index contributed by atoms with van der Waals surface area (Å²) in [5.41, 5.74) is 6.10. The molecular formula is C15H23FN2O. The fraction of sp³-hybridized carbons (Fsp3) is 0.533. The number of nitrogens with two attached hydrogens (primary N) is 1. The molecule has 0 atom stereocenters. The molecule has 0 saturated carbocycles. The molecule has 0 aliphatic carbocycles. The van der Waals surface area contributed by atoms with Crippen molar-refractivity contribution in [3.63, 3.8) is 0 Å². The molecule has 0 fully saturated rings. The molecule has 1 amide bonds. The van der Waals surface area contributed by atoms with Crippen molar-refractivity contribution in [3.8, 4) is 0 Å². The molecule has 0 bridgehead atoms. The minimum atomic E-state index is -0.816. The summed E-state index contributed by atoms with van der Waals surface area (Å²) in [7, 11) is 0. The summed E-state index contributed by atoms with van der Waals surface area (Å²) >= 11 is 0. The van der Waals surface area contributed by atoms with Crippen molar-refractivity contribution in [3.05, 3.63) is 35.6 Å². The van der Waals surface area contributed by atoms with Gasteiger partial charge in [0.1, 0.15) is 5.82 Å². The van der Waals surface area contributed by atoms with Crippen molar-refractivity contribution in [2.45, 2.75) is 45.7 Å². The summed E-state index contributed by atoms with van der Waals surface area (Å²) in [5.74, 6) is -0.352. The van der Waals surface area contributed by atoms with E-state index in [0.717, 1.165) is 5.56 Å². The first kappa shape index (κ1) is 15.6. The number of hydrogen-bond acceptors (Lipinski definition) is 2. The van der Waals surface area contributed by atoms with E-state index < -0.39 is 5.54 Å². The lowest BCUT2D eigenvalue weighted by molar-refractivity contribution is -0.137. The van der Waals surface area contributed by atoms with Crippen LogP contribution in [0.1, 0.15) is 39.2 Å². The first-order valence-electron chi connectivity index (χ1n) is 6.79. The van der Waals surface area contributed by atoms with Gasteiger partial charge in [-0.1, -0.05) is 26.0 Å². The Labute approximate surface area is 114 Å². The van der Waals surface area contributed by atoms with Crippen LogP contribution in [0.15, 0.2) is 24.3 Å². The molecule has 19 heavy (non-hydrogen) atoms. The van der Waals surface area contributed by atoms with Gasteiger partial charge in [-0.05, 0) is 37.5 Å². The Bertz CT molecular complexity index is 430.